The normalized spacial score (nSPS) is 18.0. The molecular formula is C22H22BrF4N5. The molecule has 0 unspecified atom stereocenters. The number of hydrogen-bond donors (Lipinski definition) is 0. The molecule has 0 radical (unpaired) electrons. The van der Waals surface area contributed by atoms with Crippen molar-refractivity contribution in [1.29, 1.82) is 0 Å². The molecule has 0 spiro atoms. The van der Waals surface area contributed by atoms with Gasteiger partial charge in [-0.25, -0.2) is 4.39 Å². The topological polar surface area (TPSA) is 36.7 Å². The van der Waals surface area contributed by atoms with Gasteiger partial charge in [0.15, 0.2) is 5.65 Å². The van der Waals surface area contributed by atoms with Crippen LogP contribution in [0.4, 0.5) is 23.2 Å². The first-order valence-electron chi connectivity index (χ1n) is 10.6. The fourth-order valence-corrected chi connectivity index (χ4v) is 4.93. The Bertz CT molecular complexity index is 1130. The van der Waals surface area contributed by atoms with E-state index in [2.05, 4.69) is 31.0 Å². The van der Waals surface area contributed by atoms with Crippen LogP contribution in [0.2, 0.25) is 0 Å². The monoisotopic (exact) mass is 511 g/mol. The summed E-state index contributed by atoms with van der Waals surface area (Å²) in [6.07, 6.45) is 0.0178. The molecule has 1 aliphatic heterocycles. The Kier molecular flexibility index (Phi) is 5.61. The molecule has 10 heteroatoms. The highest BCUT2D eigenvalue weighted by Gasteiger charge is 2.38. The summed E-state index contributed by atoms with van der Waals surface area (Å²) >= 11 is 3.39. The van der Waals surface area contributed by atoms with Crippen molar-refractivity contribution in [2.75, 3.05) is 31.1 Å². The van der Waals surface area contributed by atoms with Crippen molar-refractivity contribution < 1.29 is 17.6 Å². The zero-order chi connectivity index (χ0) is 22.5. The molecule has 0 N–H and O–H groups in total. The molecule has 1 saturated carbocycles. The maximum absolute atomic E-state index is 14.0. The molecule has 0 bridgehead atoms. The van der Waals surface area contributed by atoms with Crippen LogP contribution >= 0.6 is 15.9 Å². The van der Waals surface area contributed by atoms with E-state index >= 15 is 0 Å². The third kappa shape index (κ3) is 4.34. The molecule has 5 nitrogen and oxygen atoms in total. The number of pyridine rings is 1. The minimum Gasteiger partial charge on any atom is -0.368 e. The summed E-state index contributed by atoms with van der Waals surface area (Å²) in [5.74, 6) is 0.787. The van der Waals surface area contributed by atoms with Crippen LogP contribution in [0.3, 0.4) is 0 Å². The van der Waals surface area contributed by atoms with E-state index in [1.54, 1.807) is 18.3 Å². The van der Waals surface area contributed by atoms with Gasteiger partial charge in [0.25, 0.3) is 0 Å². The van der Waals surface area contributed by atoms with E-state index in [0.29, 0.717) is 48.8 Å². The van der Waals surface area contributed by atoms with Crippen molar-refractivity contribution >= 4 is 27.3 Å². The number of aromatic nitrogens is 3. The fourth-order valence-electron chi connectivity index (χ4n) is 4.33. The zero-order valence-electron chi connectivity index (χ0n) is 17.2. The second-order valence-corrected chi connectivity index (χ2v) is 9.38. The molecule has 2 fully saturated rings. The summed E-state index contributed by atoms with van der Waals surface area (Å²) < 4.78 is 57.6. The van der Waals surface area contributed by atoms with Crippen LogP contribution < -0.4 is 4.90 Å². The van der Waals surface area contributed by atoms with Gasteiger partial charge in [-0.3, -0.25) is 9.30 Å². The minimum atomic E-state index is -4.51. The predicted molar refractivity (Wildman–Crippen MR) is 116 cm³/mol. The number of fused-ring (bicyclic) bond motifs is 1. The number of piperazine rings is 1. The number of benzene rings is 1. The van der Waals surface area contributed by atoms with Gasteiger partial charge >= 0.3 is 6.18 Å². The Morgan fingerprint density at radius 2 is 1.78 bits per heavy atom. The second-order valence-electron chi connectivity index (χ2n) is 8.53. The Morgan fingerprint density at radius 1 is 1.03 bits per heavy atom. The average molecular weight is 512 g/mol. The Morgan fingerprint density at radius 3 is 2.44 bits per heavy atom. The number of hydrogen-bond acceptors (Lipinski definition) is 4. The van der Waals surface area contributed by atoms with E-state index in [4.69, 9.17) is 0 Å². The molecule has 5 rings (SSSR count). The molecule has 2 aliphatic rings. The highest BCUT2D eigenvalue weighted by Crippen LogP contribution is 2.37. The molecule has 1 aromatic carbocycles. The molecule has 3 heterocycles. The van der Waals surface area contributed by atoms with E-state index in [1.807, 2.05) is 4.90 Å². The van der Waals surface area contributed by atoms with Crippen LogP contribution in [0.1, 0.15) is 29.8 Å². The van der Waals surface area contributed by atoms with E-state index < -0.39 is 11.7 Å². The van der Waals surface area contributed by atoms with Crippen molar-refractivity contribution in [2.24, 2.45) is 5.92 Å². The molecule has 0 atom stereocenters. The van der Waals surface area contributed by atoms with E-state index in [-0.39, 0.29) is 23.6 Å². The SMILES string of the molecule is Fc1ccc(N2CCN(Cc3ccn4c(CC5CC5)nnc4c3C(F)(F)F)CC2)c(Br)c1. The fraction of sp³-hybridized carbons (Fsp3) is 0.455. The number of halogens is 5. The summed E-state index contributed by atoms with van der Waals surface area (Å²) in [6.45, 7) is 2.68. The van der Waals surface area contributed by atoms with Crippen molar-refractivity contribution in [3.8, 4) is 0 Å². The Hall–Kier alpha value is -2.20. The van der Waals surface area contributed by atoms with Crippen molar-refractivity contribution in [1.82, 2.24) is 19.5 Å². The van der Waals surface area contributed by atoms with Gasteiger partial charge in [-0.05, 0) is 64.5 Å². The lowest BCUT2D eigenvalue weighted by Gasteiger charge is -2.36. The predicted octanol–water partition coefficient (Wildman–Crippen LogP) is 4.92. The van der Waals surface area contributed by atoms with Gasteiger partial charge in [0.2, 0.25) is 0 Å². The first kappa shape index (κ1) is 21.6. The summed E-state index contributed by atoms with van der Waals surface area (Å²) in [4.78, 5) is 4.12. The lowest BCUT2D eigenvalue weighted by Crippen LogP contribution is -2.46. The molecule has 1 aliphatic carbocycles. The smallest absolute Gasteiger partial charge is 0.368 e. The standard InChI is InChI=1S/C22H22BrF4N5/c23-17-12-16(24)3-4-18(17)31-9-7-30(8-10-31)13-15-5-6-32-19(11-14-1-2-14)28-29-21(32)20(15)22(25,26)27/h3-6,12,14H,1-2,7-11,13H2. The van der Waals surface area contributed by atoms with E-state index in [0.717, 1.165) is 18.5 Å². The summed E-state index contributed by atoms with van der Waals surface area (Å²) in [5, 5.41) is 7.98. The largest absolute Gasteiger partial charge is 0.420 e. The quantitative estimate of drug-likeness (QED) is 0.455. The first-order valence-corrected chi connectivity index (χ1v) is 11.4. The summed E-state index contributed by atoms with van der Waals surface area (Å²) in [6, 6.07) is 6.10. The maximum atomic E-state index is 14.0. The van der Waals surface area contributed by atoms with Crippen LogP contribution in [0.5, 0.6) is 0 Å². The number of nitrogens with zero attached hydrogens (tertiary/aromatic N) is 5. The van der Waals surface area contributed by atoms with Gasteiger partial charge in [0.1, 0.15) is 17.2 Å². The third-order valence-electron chi connectivity index (χ3n) is 6.20. The van der Waals surface area contributed by atoms with Gasteiger partial charge in [-0.1, -0.05) is 0 Å². The number of rotatable bonds is 5. The molecule has 0 amide bonds. The number of alkyl halides is 3. The van der Waals surface area contributed by atoms with Crippen molar-refractivity contribution in [2.45, 2.75) is 32.0 Å². The summed E-state index contributed by atoms with van der Waals surface area (Å²) in [5.41, 5.74) is 0.291. The van der Waals surface area contributed by atoms with Gasteiger partial charge < -0.3 is 4.90 Å². The first-order chi connectivity index (χ1) is 15.3. The third-order valence-corrected chi connectivity index (χ3v) is 6.84. The van der Waals surface area contributed by atoms with Crippen LogP contribution in [0.15, 0.2) is 34.9 Å². The van der Waals surface area contributed by atoms with Crippen LogP contribution in [0.25, 0.3) is 5.65 Å². The molecule has 3 aromatic rings. The van der Waals surface area contributed by atoms with Gasteiger partial charge in [0, 0.05) is 49.8 Å². The minimum absolute atomic E-state index is 0.112. The van der Waals surface area contributed by atoms with Crippen LogP contribution in [-0.4, -0.2) is 45.7 Å². The molecule has 2 aromatic heterocycles. The van der Waals surface area contributed by atoms with Crippen molar-refractivity contribution in [3.05, 3.63) is 57.7 Å². The average Bonchev–Trinajstić information content (AvgIpc) is 3.46. The highest BCUT2D eigenvalue weighted by molar-refractivity contribution is 9.10. The van der Waals surface area contributed by atoms with E-state index in [1.165, 1.54) is 16.5 Å². The Labute approximate surface area is 191 Å². The maximum Gasteiger partial charge on any atom is 0.420 e. The molecule has 170 valence electrons. The molecule has 1 saturated heterocycles. The molecular weight excluding hydrogens is 490 g/mol. The van der Waals surface area contributed by atoms with Gasteiger partial charge in [0.05, 0.1) is 5.69 Å². The second kappa shape index (κ2) is 8.30. The van der Waals surface area contributed by atoms with Crippen LogP contribution in [-0.2, 0) is 19.1 Å². The van der Waals surface area contributed by atoms with Crippen molar-refractivity contribution in [3.63, 3.8) is 0 Å². The lowest BCUT2D eigenvalue weighted by atomic mass is 10.1. The van der Waals surface area contributed by atoms with E-state index in [9.17, 15) is 17.6 Å². The van der Waals surface area contributed by atoms with Crippen LogP contribution in [0, 0.1) is 11.7 Å². The Balaban J connectivity index is 1.35. The summed E-state index contributed by atoms with van der Waals surface area (Å²) in [7, 11) is 0. The van der Waals surface area contributed by atoms with Gasteiger partial charge in [-0.2, -0.15) is 13.2 Å². The zero-order valence-corrected chi connectivity index (χ0v) is 18.8. The lowest BCUT2D eigenvalue weighted by molar-refractivity contribution is -0.137. The molecule has 32 heavy (non-hydrogen) atoms. The van der Waals surface area contributed by atoms with Gasteiger partial charge in [-0.15, -0.1) is 10.2 Å². The highest BCUT2D eigenvalue weighted by atomic mass is 79.9. The number of anilines is 1.